The van der Waals surface area contributed by atoms with Gasteiger partial charge in [0.25, 0.3) is 0 Å². The largest absolute Gasteiger partial charge is 0.464 e. The zero-order valence-electron chi connectivity index (χ0n) is 17.5. The third-order valence-electron chi connectivity index (χ3n) is 4.45. The molecule has 2 aromatic carbocycles. The zero-order valence-corrected chi connectivity index (χ0v) is 17.5. The Hall–Kier alpha value is -3.42. The molecule has 2 atom stereocenters. The van der Waals surface area contributed by atoms with Crippen LogP contribution in [0.1, 0.15) is 37.9 Å². The number of rotatable bonds is 7. The number of carbonyl (C=O) groups is 2. The van der Waals surface area contributed by atoms with E-state index in [1.165, 1.54) is 0 Å². The Labute approximate surface area is 175 Å². The van der Waals surface area contributed by atoms with Crippen molar-refractivity contribution in [1.29, 1.82) is 0 Å². The number of nitro groups is 1. The molecule has 30 heavy (non-hydrogen) atoms. The van der Waals surface area contributed by atoms with Gasteiger partial charge in [0.15, 0.2) is 0 Å². The third kappa shape index (κ3) is 5.34. The van der Waals surface area contributed by atoms with E-state index in [1.54, 1.807) is 81.4 Å². The van der Waals surface area contributed by atoms with Crippen molar-refractivity contribution < 1.29 is 24.0 Å². The van der Waals surface area contributed by atoms with Gasteiger partial charge in [0.1, 0.15) is 11.6 Å². The predicted molar refractivity (Wildman–Crippen MR) is 110 cm³/mol. The second kappa shape index (κ2) is 9.39. The molecule has 0 unspecified atom stereocenters. The van der Waals surface area contributed by atoms with E-state index in [1.807, 2.05) is 0 Å². The third-order valence-corrected chi connectivity index (χ3v) is 4.45. The summed E-state index contributed by atoms with van der Waals surface area (Å²) in [4.78, 5) is 37.2. The Morgan fingerprint density at radius 2 is 1.57 bits per heavy atom. The van der Waals surface area contributed by atoms with Crippen LogP contribution in [0.15, 0.2) is 60.7 Å². The fraction of sp³-hybridized carbons (Fsp3) is 0.364. The number of alkyl carbamates (subject to hydrolysis) is 1. The summed E-state index contributed by atoms with van der Waals surface area (Å²) in [6.07, 6.45) is -1.16. The van der Waals surface area contributed by atoms with Crippen LogP contribution in [0.4, 0.5) is 4.79 Å². The second-order valence-electron chi connectivity index (χ2n) is 7.83. The molecular formula is C22H26N2O6. The Morgan fingerprint density at radius 1 is 1.03 bits per heavy atom. The molecule has 1 N–H and O–H groups in total. The van der Waals surface area contributed by atoms with Crippen molar-refractivity contribution >= 4 is 12.1 Å². The van der Waals surface area contributed by atoms with E-state index in [0.29, 0.717) is 11.1 Å². The molecule has 8 heteroatoms. The van der Waals surface area contributed by atoms with Crippen molar-refractivity contribution in [2.24, 2.45) is 0 Å². The molecule has 1 amide bonds. The second-order valence-corrected chi connectivity index (χ2v) is 7.83. The van der Waals surface area contributed by atoms with E-state index >= 15 is 0 Å². The van der Waals surface area contributed by atoms with E-state index < -0.39 is 34.2 Å². The van der Waals surface area contributed by atoms with Gasteiger partial charge >= 0.3 is 17.6 Å². The number of amides is 1. The van der Waals surface area contributed by atoms with E-state index in [4.69, 9.17) is 9.47 Å². The van der Waals surface area contributed by atoms with Crippen LogP contribution >= 0.6 is 0 Å². The van der Waals surface area contributed by atoms with Gasteiger partial charge < -0.3 is 14.8 Å². The monoisotopic (exact) mass is 414 g/mol. The highest BCUT2D eigenvalue weighted by molar-refractivity contribution is 5.82. The SMILES string of the molecule is COC(=O)[C@](Cc1ccccc1)([C@@H](NC(=O)OC(C)(C)C)c1ccccc1)[N+](=O)[O-]. The predicted octanol–water partition coefficient (Wildman–Crippen LogP) is 3.68. The molecule has 2 rings (SSSR count). The summed E-state index contributed by atoms with van der Waals surface area (Å²) in [5.41, 5.74) is -2.21. The lowest BCUT2D eigenvalue weighted by Gasteiger charge is -2.32. The minimum Gasteiger partial charge on any atom is -0.464 e. The van der Waals surface area contributed by atoms with Gasteiger partial charge in [-0.2, -0.15) is 0 Å². The van der Waals surface area contributed by atoms with Gasteiger partial charge in [-0.1, -0.05) is 60.7 Å². The summed E-state index contributed by atoms with van der Waals surface area (Å²) >= 11 is 0. The van der Waals surface area contributed by atoms with Crippen LogP contribution in [0, 0.1) is 10.1 Å². The minimum absolute atomic E-state index is 0.289. The standard InChI is InChI=1S/C22H26N2O6/c1-21(2,3)30-20(26)23-18(17-13-9-6-10-14-17)22(24(27)28,19(25)29-4)15-16-11-7-5-8-12-16/h5-14,18H,15H2,1-4H3,(H,23,26)/t18-,22-/m0/s1. The first-order valence-electron chi connectivity index (χ1n) is 9.41. The van der Waals surface area contributed by atoms with Crippen molar-refractivity contribution in [3.8, 4) is 0 Å². The highest BCUT2D eigenvalue weighted by Crippen LogP contribution is 2.34. The number of hydrogen-bond acceptors (Lipinski definition) is 6. The molecule has 0 bridgehead atoms. The molecular weight excluding hydrogens is 388 g/mol. The fourth-order valence-electron chi connectivity index (χ4n) is 3.17. The van der Waals surface area contributed by atoms with Crippen LogP contribution in [-0.2, 0) is 20.7 Å². The van der Waals surface area contributed by atoms with E-state index in [9.17, 15) is 19.7 Å². The van der Waals surface area contributed by atoms with Crippen molar-refractivity contribution in [1.82, 2.24) is 5.32 Å². The van der Waals surface area contributed by atoms with Gasteiger partial charge in [0.2, 0.25) is 0 Å². The van der Waals surface area contributed by atoms with Crippen LogP contribution in [0.3, 0.4) is 0 Å². The van der Waals surface area contributed by atoms with Gasteiger partial charge in [-0.15, -0.1) is 0 Å². The summed E-state index contributed by atoms with van der Waals surface area (Å²) < 4.78 is 10.2. The molecule has 0 saturated heterocycles. The summed E-state index contributed by atoms with van der Waals surface area (Å²) in [6.45, 7) is 5.03. The maximum absolute atomic E-state index is 12.9. The smallest absolute Gasteiger partial charge is 0.408 e. The van der Waals surface area contributed by atoms with Crippen LogP contribution < -0.4 is 5.32 Å². The lowest BCUT2D eigenvalue weighted by Crippen LogP contribution is -2.59. The Kier molecular flexibility index (Phi) is 7.15. The Morgan fingerprint density at radius 3 is 2.03 bits per heavy atom. The van der Waals surface area contributed by atoms with Gasteiger partial charge in [-0.25, -0.2) is 9.59 Å². The lowest BCUT2D eigenvalue weighted by molar-refractivity contribution is -0.561. The first-order chi connectivity index (χ1) is 14.1. The number of nitrogens with one attached hydrogen (secondary N) is 1. The summed E-state index contributed by atoms with van der Waals surface area (Å²) in [5, 5.41) is 15.0. The van der Waals surface area contributed by atoms with E-state index in [2.05, 4.69) is 5.32 Å². The Bertz CT molecular complexity index is 880. The van der Waals surface area contributed by atoms with Gasteiger partial charge in [-0.3, -0.25) is 10.1 Å². The minimum atomic E-state index is -2.31. The average molecular weight is 414 g/mol. The number of carbonyl (C=O) groups excluding carboxylic acids is 2. The highest BCUT2D eigenvalue weighted by atomic mass is 16.6. The molecule has 0 spiro atoms. The van der Waals surface area contributed by atoms with E-state index in [-0.39, 0.29) is 6.42 Å². The van der Waals surface area contributed by atoms with Crippen LogP contribution in [0.2, 0.25) is 0 Å². The lowest BCUT2D eigenvalue weighted by atomic mass is 9.80. The fourth-order valence-corrected chi connectivity index (χ4v) is 3.17. The molecule has 0 saturated carbocycles. The number of benzene rings is 2. The molecule has 2 aromatic rings. The van der Waals surface area contributed by atoms with Gasteiger partial charge in [0, 0.05) is 4.92 Å². The summed E-state index contributed by atoms with van der Waals surface area (Å²) in [7, 11) is 1.08. The molecule has 0 heterocycles. The number of nitrogens with zero attached hydrogens (tertiary/aromatic N) is 1. The van der Waals surface area contributed by atoms with Crippen molar-refractivity contribution in [3.63, 3.8) is 0 Å². The number of hydrogen-bond donors (Lipinski definition) is 1. The molecule has 0 aromatic heterocycles. The van der Waals surface area contributed by atoms with Gasteiger partial charge in [0.05, 0.1) is 13.5 Å². The first-order valence-corrected chi connectivity index (χ1v) is 9.41. The topological polar surface area (TPSA) is 108 Å². The zero-order chi connectivity index (χ0) is 22.4. The maximum atomic E-state index is 12.9. The molecule has 0 radical (unpaired) electrons. The summed E-state index contributed by atoms with van der Waals surface area (Å²) in [5.74, 6) is -1.07. The van der Waals surface area contributed by atoms with E-state index in [0.717, 1.165) is 7.11 Å². The van der Waals surface area contributed by atoms with Crippen molar-refractivity contribution in [2.75, 3.05) is 7.11 Å². The molecule has 160 valence electrons. The van der Waals surface area contributed by atoms with Crippen molar-refractivity contribution in [3.05, 3.63) is 81.9 Å². The van der Waals surface area contributed by atoms with Crippen LogP contribution in [0.25, 0.3) is 0 Å². The van der Waals surface area contributed by atoms with Crippen LogP contribution in [0.5, 0.6) is 0 Å². The van der Waals surface area contributed by atoms with Crippen LogP contribution in [-0.4, -0.2) is 35.2 Å². The maximum Gasteiger partial charge on any atom is 0.408 e. The average Bonchev–Trinajstić information content (AvgIpc) is 2.69. The highest BCUT2D eigenvalue weighted by Gasteiger charge is 2.60. The van der Waals surface area contributed by atoms with Gasteiger partial charge in [-0.05, 0) is 31.9 Å². The quantitative estimate of drug-likeness (QED) is 0.421. The number of methoxy groups -OCH3 is 1. The normalized spacial score (nSPS) is 14.1. The number of esters is 1. The molecule has 0 fully saturated rings. The molecule has 0 aliphatic heterocycles. The molecule has 0 aliphatic carbocycles. The number of ether oxygens (including phenoxy) is 2. The molecule has 0 aliphatic rings. The molecule has 8 nitrogen and oxygen atoms in total. The summed E-state index contributed by atoms with van der Waals surface area (Å²) in [6, 6.07) is 15.5. The Balaban J connectivity index is 2.63. The van der Waals surface area contributed by atoms with Crippen molar-refractivity contribution in [2.45, 2.75) is 44.4 Å². The first kappa shape index (κ1) is 22.9.